The quantitative estimate of drug-likeness (QED) is 0.240. The Morgan fingerprint density at radius 1 is 0.889 bits per heavy atom. The maximum atomic E-state index is 9.60. The summed E-state index contributed by atoms with van der Waals surface area (Å²) in [5.41, 5.74) is 2.41. The molecule has 0 atom stereocenters. The van der Waals surface area contributed by atoms with Crippen LogP contribution in [0.25, 0.3) is 21.9 Å². The minimum absolute atomic E-state index is 0. The number of hydrogen-bond donors (Lipinski definition) is 0. The molecule has 5 nitrogen and oxygen atoms in total. The van der Waals surface area contributed by atoms with Crippen LogP contribution in [0.3, 0.4) is 0 Å². The summed E-state index contributed by atoms with van der Waals surface area (Å²) in [6, 6.07) is 20.0. The lowest BCUT2D eigenvalue weighted by Gasteiger charge is -2.26. The molecule has 0 spiro atoms. The Morgan fingerprint density at radius 2 is 1.64 bits per heavy atom. The summed E-state index contributed by atoms with van der Waals surface area (Å²) in [5, 5.41) is 15.4. The normalized spacial score (nSPS) is 13.6. The number of benzene rings is 3. The maximum absolute atomic E-state index is 9.60. The number of piperidine rings is 1. The number of halogens is 1. The van der Waals surface area contributed by atoms with E-state index in [4.69, 9.17) is 14.2 Å². The summed E-state index contributed by atoms with van der Waals surface area (Å²) >= 11 is 1.51. The van der Waals surface area contributed by atoms with Crippen molar-refractivity contribution in [3.63, 3.8) is 0 Å². The van der Waals surface area contributed by atoms with Gasteiger partial charge in [-0.15, -0.1) is 12.4 Å². The first kappa shape index (κ1) is 25.8. The SMILES string of the molecule is COc1ccc2c(Oc3ccc(OCCN4CCCCC4)cc3)c(-c3cscc3C#N)ccc2c1.Cl. The van der Waals surface area contributed by atoms with Gasteiger partial charge in [0.05, 0.1) is 12.7 Å². The number of nitrogens with zero attached hydrogens (tertiary/aromatic N) is 2. The Bertz CT molecular complexity index is 1340. The van der Waals surface area contributed by atoms with Crippen LogP contribution in [0.4, 0.5) is 0 Å². The van der Waals surface area contributed by atoms with E-state index in [1.165, 1.54) is 43.7 Å². The molecular weight excluding hydrogens is 492 g/mol. The Labute approximate surface area is 222 Å². The summed E-state index contributed by atoms with van der Waals surface area (Å²) in [5.74, 6) is 3.06. The highest BCUT2D eigenvalue weighted by Crippen LogP contribution is 2.42. The largest absolute Gasteiger partial charge is 0.497 e. The zero-order valence-corrected chi connectivity index (χ0v) is 21.9. The average Bonchev–Trinajstić information content (AvgIpc) is 3.39. The van der Waals surface area contributed by atoms with Crippen molar-refractivity contribution in [3.05, 3.63) is 70.9 Å². The Kier molecular flexibility index (Phi) is 8.71. The lowest BCUT2D eigenvalue weighted by molar-refractivity contribution is 0.183. The number of ether oxygens (including phenoxy) is 3. The topological polar surface area (TPSA) is 54.7 Å². The summed E-state index contributed by atoms with van der Waals surface area (Å²) in [7, 11) is 1.66. The van der Waals surface area contributed by atoms with Gasteiger partial charge in [0.15, 0.2) is 0 Å². The molecule has 2 heterocycles. The van der Waals surface area contributed by atoms with Gasteiger partial charge in [-0.05, 0) is 79.8 Å². The van der Waals surface area contributed by atoms with Crippen LogP contribution in [0.15, 0.2) is 65.4 Å². The number of methoxy groups -OCH3 is 1. The molecule has 0 aliphatic carbocycles. The zero-order chi connectivity index (χ0) is 24.0. The van der Waals surface area contributed by atoms with Crippen LogP contribution in [-0.2, 0) is 0 Å². The second-order valence-electron chi connectivity index (χ2n) is 8.66. The van der Waals surface area contributed by atoms with E-state index in [0.717, 1.165) is 45.7 Å². The highest BCUT2D eigenvalue weighted by atomic mass is 35.5. The third-order valence-electron chi connectivity index (χ3n) is 6.42. The van der Waals surface area contributed by atoms with E-state index in [-0.39, 0.29) is 12.4 Å². The van der Waals surface area contributed by atoms with Gasteiger partial charge in [0.25, 0.3) is 0 Å². The van der Waals surface area contributed by atoms with Crippen LogP contribution in [0, 0.1) is 11.3 Å². The van der Waals surface area contributed by atoms with Crippen LogP contribution < -0.4 is 14.2 Å². The van der Waals surface area contributed by atoms with Gasteiger partial charge >= 0.3 is 0 Å². The molecule has 1 fully saturated rings. The molecule has 0 amide bonds. The molecule has 4 aromatic rings. The van der Waals surface area contributed by atoms with Gasteiger partial charge in [-0.3, -0.25) is 4.90 Å². The second kappa shape index (κ2) is 12.1. The molecule has 0 radical (unpaired) electrons. The lowest BCUT2D eigenvalue weighted by atomic mass is 9.99. The predicted octanol–water partition coefficient (Wildman–Crippen LogP) is 7.53. The van der Waals surface area contributed by atoms with Gasteiger partial charge in [-0.25, -0.2) is 0 Å². The second-order valence-corrected chi connectivity index (χ2v) is 9.41. The predicted molar refractivity (Wildman–Crippen MR) is 148 cm³/mol. The smallest absolute Gasteiger partial charge is 0.143 e. The summed E-state index contributed by atoms with van der Waals surface area (Å²) in [6.07, 6.45) is 3.92. The monoisotopic (exact) mass is 520 g/mol. The molecule has 0 N–H and O–H groups in total. The van der Waals surface area contributed by atoms with Crippen LogP contribution in [-0.4, -0.2) is 38.3 Å². The molecule has 0 saturated carbocycles. The fourth-order valence-corrected chi connectivity index (χ4v) is 5.29. The molecule has 1 aliphatic rings. The first-order valence-corrected chi connectivity index (χ1v) is 12.9. The van der Waals surface area contributed by atoms with E-state index in [1.807, 2.05) is 65.4 Å². The van der Waals surface area contributed by atoms with Crippen molar-refractivity contribution in [2.75, 3.05) is 33.4 Å². The molecule has 1 aliphatic heterocycles. The van der Waals surface area contributed by atoms with Gasteiger partial charge in [0.1, 0.15) is 35.7 Å². The molecule has 5 rings (SSSR count). The van der Waals surface area contributed by atoms with Crippen LogP contribution in [0.2, 0.25) is 0 Å². The fraction of sp³-hybridized carbons (Fsp3) is 0.276. The fourth-order valence-electron chi connectivity index (χ4n) is 4.52. The van der Waals surface area contributed by atoms with Crippen molar-refractivity contribution in [1.29, 1.82) is 5.26 Å². The van der Waals surface area contributed by atoms with Crippen molar-refractivity contribution in [1.82, 2.24) is 4.90 Å². The zero-order valence-electron chi connectivity index (χ0n) is 20.2. The van der Waals surface area contributed by atoms with E-state index in [2.05, 4.69) is 11.0 Å². The number of fused-ring (bicyclic) bond motifs is 1. The van der Waals surface area contributed by atoms with E-state index in [1.54, 1.807) is 7.11 Å². The Hall–Kier alpha value is -3.24. The highest BCUT2D eigenvalue weighted by molar-refractivity contribution is 7.08. The molecule has 186 valence electrons. The maximum Gasteiger partial charge on any atom is 0.143 e. The van der Waals surface area contributed by atoms with E-state index >= 15 is 0 Å². The van der Waals surface area contributed by atoms with Crippen LogP contribution in [0.5, 0.6) is 23.0 Å². The standard InChI is InChI=1S/C29H28N2O3S.ClH/c1-32-25-10-12-26-21(17-25)5-11-27(28-20-35-19-22(28)18-30)29(26)34-24-8-6-23(7-9-24)33-16-15-31-13-3-2-4-14-31;/h5-12,17,19-20H,2-4,13-16H2,1H3;1H. The molecule has 0 unspecified atom stereocenters. The molecule has 7 heteroatoms. The third-order valence-corrected chi connectivity index (χ3v) is 7.16. The minimum Gasteiger partial charge on any atom is -0.497 e. The van der Waals surface area contributed by atoms with Gasteiger partial charge < -0.3 is 14.2 Å². The van der Waals surface area contributed by atoms with E-state index in [9.17, 15) is 5.26 Å². The van der Waals surface area contributed by atoms with Crippen molar-refractivity contribution in [2.45, 2.75) is 19.3 Å². The van der Waals surface area contributed by atoms with Crippen LogP contribution >= 0.6 is 23.7 Å². The number of thiophene rings is 1. The molecule has 1 aromatic heterocycles. The van der Waals surface area contributed by atoms with Gasteiger partial charge in [0, 0.05) is 33.8 Å². The molecule has 0 bridgehead atoms. The number of hydrogen-bond acceptors (Lipinski definition) is 6. The minimum atomic E-state index is 0. The molecule has 3 aromatic carbocycles. The van der Waals surface area contributed by atoms with E-state index < -0.39 is 0 Å². The number of likely N-dealkylation sites (tertiary alicyclic amines) is 1. The van der Waals surface area contributed by atoms with Gasteiger partial charge in [0.2, 0.25) is 0 Å². The Morgan fingerprint density at radius 3 is 2.39 bits per heavy atom. The van der Waals surface area contributed by atoms with E-state index in [0.29, 0.717) is 17.9 Å². The summed E-state index contributed by atoms with van der Waals surface area (Å²) in [4.78, 5) is 2.47. The van der Waals surface area contributed by atoms with Crippen molar-refractivity contribution in [3.8, 4) is 40.2 Å². The Balaban J connectivity index is 0.00000304. The summed E-state index contributed by atoms with van der Waals surface area (Å²) in [6.45, 7) is 3.99. The van der Waals surface area contributed by atoms with Gasteiger partial charge in [-0.1, -0.05) is 12.5 Å². The summed E-state index contributed by atoms with van der Waals surface area (Å²) < 4.78 is 17.8. The van der Waals surface area contributed by atoms with Crippen molar-refractivity contribution < 1.29 is 14.2 Å². The first-order valence-electron chi connectivity index (χ1n) is 12.0. The van der Waals surface area contributed by atoms with Crippen LogP contribution in [0.1, 0.15) is 24.8 Å². The van der Waals surface area contributed by atoms with Crippen molar-refractivity contribution in [2.24, 2.45) is 0 Å². The molecular formula is C29H29ClN2O3S. The third kappa shape index (κ3) is 5.76. The average molecular weight is 521 g/mol. The molecule has 1 saturated heterocycles. The highest BCUT2D eigenvalue weighted by Gasteiger charge is 2.17. The van der Waals surface area contributed by atoms with Crippen molar-refractivity contribution >= 4 is 34.5 Å². The van der Waals surface area contributed by atoms with Gasteiger partial charge in [-0.2, -0.15) is 16.6 Å². The lowest BCUT2D eigenvalue weighted by Crippen LogP contribution is -2.33. The number of rotatable bonds is 8. The molecule has 36 heavy (non-hydrogen) atoms. The first-order chi connectivity index (χ1) is 17.2. The number of nitriles is 1.